The zero-order chi connectivity index (χ0) is 19.8. The fourth-order valence-corrected chi connectivity index (χ4v) is 4.10. The molecule has 3 N–H and O–H groups in total. The van der Waals surface area contributed by atoms with Gasteiger partial charge in [0.1, 0.15) is 18.2 Å². The Morgan fingerprint density at radius 1 is 0.964 bits per heavy atom. The highest BCUT2D eigenvalue weighted by Crippen LogP contribution is 2.54. The van der Waals surface area contributed by atoms with Crippen LogP contribution in [-0.2, 0) is 4.74 Å². The van der Waals surface area contributed by atoms with Crippen LogP contribution in [0.4, 0.5) is 0 Å². The van der Waals surface area contributed by atoms with Crippen molar-refractivity contribution in [3.63, 3.8) is 0 Å². The fourth-order valence-electron chi connectivity index (χ4n) is 3.72. The minimum atomic E-state index is -1.15. The molecule has 0 aliphatic carbocycles. The summed E-state index contributed by atoms with van der Waals surface area (Å²) in [5, 5.41) is 10.9. The van der Waals surface area contributed by atoms with Gasteiger partial charge in [0.2, 0.25) is 0 Å². The topological polar surface area (TPSA) is 77.0 Å². The number of hydrogen-bond acceptors (Lipinski definition) is 3. The third-order valence-corrected chi connectivity index (χ3v) is 5.64. The lowest BCUT2D eigenvalue weighted by Crippen LogP contribution is -2.51. The predicted molar refractivity (Wildman–Crippen MR) is 107 cm³/mol. The van der Waals surface area contributed by atoms with Gasteiger partial charge in [0, 0.05) is 10.0 Å². The number of benzene rings is 3. The SMILES string of the molecule is C[C@@H]([NH3+])c1ccccc1.O=C([O-])c1ccc2c(c1)[C@@H]1O[C@H]2c2ccc(Br)cc21. The molecule has 3 atom stereocenters. The van der Waals surface area contributed by atoms with Crippen molar-refractivity contribution in [2.75, 3.05) is 0 Å². The number of fused-ring (bicyclic) bond motifs is 8. The Balaban J connectivity index is 0.000000181. The molecule has 0 saturated heterocycles. The molecule has 0 fully saturated rings. The van der Waals surface area contributed by atoms with E-state index in [1.807, 2.05) is 36.4 Å². The first-order valence-corrected chi connectivity index (χ1v) is 9.93. The van der Waals surface area contributed by atoms with Crippen LogP contribution in [0.25, 0.3) is 0 Å². The minimum Gasteiger partial charge on any atom is -0.545 e. The van der Waals surface area contributed by atoms with Crippen molar-refractivity contribution in [2.24, 2.45) is 0 Å². The van der Waals surface area contributed by atoms with E-state index in [2.05, 4.69) is 46.8 Å². The normalized spacial score (nSPS) is 19.2. The van der Waals surface area contributed by atoms with Crippen LogP contribution in [0, 0.1) is 0 Å². The average molecular weight is 438 g/mol. The second kappa shape index (κ2) is 7.51. The number of rotatable bonds is 2. The summed E-state index contributed by atoms with van der Waals surface area (Å²) < 4.78 is 6.97. The Morgan fingerprint density at radius 2 is 1.57 bits per heavy atom. The quantitative estimate of drug-likeness (QED) is 0.667. The van der Waals surface area contributed by atoms with E-state index in [4.69, 9.17) is 4.74 Å². The van der Waals surface area contributed by atoms with E-state index in [0.717, 1.165) is 21.2 Å². The van der Waals surface area contributed by atoms with Gasteiger partial charge < -0.3 is 20.4 Å². The number of aromatic carboxylic acids is 1. The molecule has 28 heavy (non-hydrogen) atoms. The number of carboxylic acid groups (broad SMARTS) is 1. The monoisotopic (exact) mass is 437 g/mol. The summed E-state index contributed by atoms with van der Waals surface area (Å²) in [6.07, 6.45) is -0.231. The molecular formula is C23H20BrNO3. The third-order valence-electron chi connectivity index (χ3n) is 5.14. The molecular weight excluding hydrogens is 418 g/mol. The zero-order valence-corrected chi connectivity index (χ0v) is 17.0. The first kappa shape index (κ1) is 18.9. The summed E-state index contributed by atoms with van der Waals surface area (Å²) >= 11 is 3.45. The minimum absolute atomic E-state index is 0.0705. The summed E-state index contributed by atoms with van der Waals surface area (Å²) in [7, 11) is 0. The molecule has 4 nitrogen and oxygen atoms in total. The molecule has 2 aliphatic rings. The van der Waals surface area contributed by atoms with Gasteiger partial charge in [0.15, 0.2) is 0 Å². The van der Waals surface area contributed by atoms with Gasteiger partial charge in [-0.25, -0.2) is 0 Å². The van der Waals surface area contributed by atoms with E-state index in [1.54, 1.807) is 12.1 Å². The second-order valence-corrected chi connectivity index (χ2v) is 8.03. The average Bonchev–Trinajstić information content (AvgIpc) is 3.25. The predicted octanol–water partition coefficient (Wildman–Crippen LogP) is 3.32. The van der Waals surface area contributed by atoms with Crippen molar-refractivity contribution in [3.05, 3.63) is 105 Å². The van der Waals surface area contributed by atoms with Crippen molar-refractivity contribution in [1.29, 1.82) is 0 Å². The fraction of sp³-hybridized carbons (Fsp3) is 0.174. The van der Waals surface area contributed by atoms with E-state index < -0.39 is 5.97 Å². The van der Waals surface area contributed by atoms with Crippen molar-refractivity contribution in [3.8, 4) is 0 Å². The molecule has 0 saturated carbocycles. The molecule has 2 aliphatic heterocycles. The van der Waals surface area contributed by atoms with Crippen LogP contribution in [-0.4, -0.2) is 5.97 Å². The Hall–Kier alpha value is -2.47. The van der Waals surface area contributed by atoms with Crippen molar-refractivity contribution >= 4 is 21.9 Å². The molecule has 142 valence electrons. The summed E-state index contributed by atoms with van der Waals surface area (Å²) in [6, 6.07) is 21.9. The Kier molecular flexibility index (Phi) is 5.06. The van der Waals surface area contributed by atoms with Crippen LogP contribution in [0.15, 0.2) is 71.2 Å². The number of ether oxygens (including phenoxy) is 1. The van der Waals surface area contributed by atoms with Gasteiger partial charge in [-0.15, -0.1) is 0 Å². The Labute approximate surface area is 172 Å². The summed E-state index contributed by atoms with van der Waals surface area (Å²) in [4.78, 5) is 10.9. The highest BCUT2D eigenvalue weighted by Gasteiger charge is 2.42. The smallest absolute Gasteiger partial charge is 0.110 e. The van der Waals surface area contributed by atoms with E-state index >= 15 is 0 Å². The summed E-state index contributed by atoms with van der Waals surface area (Å²) in [5.41, 5.74) is 9.70. The molecule has 0 radical (unpaired) electrons. The number of carboxylic acids is 1. The highest BCUT2D eigenvalue weighted by molar-refractivity contribution is 9.10. The van der Waals surface area contributed by atoms with Gasteiger partial charge in [-0.3, -0.25) is 0 Å². The molecule has 2 bridgehead atoms. The number of hydrogen-bond donors (Lipinski definition) is 1. The van der Waals surface area contributed by atoms with Gasteiger partial charge in [-0.05, 0) is 52.9 Å². The van der Waals surface area contributed by atoms with Crippen LogP contribution in [0.2, 0.25) is 0 Å². The van der Waals surface area contributed by atoms with E-state index in [9.17, 15) is 9.90 Å². The lowest BCUT2D eigenvalue weighted by atomic mass is 9.85. The molecule has 3 aromatic carbocycles. The molecule has 0 spiro atoms. The van der Waals surface area contributed by atoms with Crippen LogP contribution >= 0.6 is 15.9 Å². The van der Waals surface area contributed by atoms with Gasteiger partial charge in [-0.1, -0.05) is 64.5 Å². The number of halogens is 1. The summed E-state index contributed by atoms with van der Waals surface area (Å²) in [6.45, 7) is 2.09. The van der Waals surface area contributed by atoms with Crippen LogP contribution in [0.3, 0.4) is 0 Å². The maximum atomic E-state index is 10.9. The second-order valence-electron chi connectivity index (χ2n) is 7.11. The first-order valence-electron chi connectivity index (χ1n) is 9.13. The first-order chi connectivity index (χ1) is 13.5. The van der Waals surface area contributed by atoms with Crippen molar-refractivity contribution in [1.82, 2.24) is 0 Å². The van der Waals surface area contributed by atoms with Crippen molar-refractivity contribution in [2.45, 2.75) is 25.2 Å². The largest absolute Gasteiger partial charge is 0.545 e. The molecule has 0 amide bonds. The van der Waals surface area contributed by atoms with Crippen LogP contribution in [0.5, 0.6) is 0 Å². The molecule has 5 heteroatoms. The lowest BCUT2D eigenvalue weighted by molar-refractivity contribution is -0.420. The van der Waals surface area contributed by atoms with Crippen LogP contribution in [0.1, 0.15) is 63.3 Å². The van der Waals surface area contributed by atoms with Gasteiger partial charge in [0.05, 0.1) is 5.97 Å². The highest BCUT2D eigenvalue weighted by atomic mass is 79.9. The van der Waals surface area contributed by atoms with E-state index in [0.29, 0.717) is 6.04 Å². The van der Waals surface area contributed by atoms with E-state index in [-0.39, 0.29) is 17.8 Å². The zero-order valence-electron chi connectivity index (χ0n) is 15.4. The molecule has 0 unspecified atom stereocenters. The summed E-state index contributed by atoms with van der Waals surface area (Å²) in [5.74, 6) is -1.15. The van der Waals surface area contributed by atoms with Gasteiger partial charge in [0.25, 0.3) is 0 Å². The van der Waals surface area contributed by atoms with Crippen LogP contribution < -0.4 is 10.8 Å². The maximum Gasteiger partial charge on any atom is 0.110 e. The Bertz CT molecular complexity index is 1030. The molecule has 5 rings (SSSR count). The van der Waals surface area contributed by atoms with E-state index in [1.165, 1.54) is 11.1 Å². The maximum absolute atomic E-state index is 10.9. The molecule has 0 aromatic heterocycles. The Morgan fingerprint density at radius 3 is 2.18 bits per heavy atom. The lowest BCUT2D eigenvalue weighted by Gasteiger charge is -2.17. The van der Waals surface area contributed by atoms with Crippen molar-refractivity contribution < 1.29 is 20.4 Å². The molecule has 3 aromatic rings. The third kappa shape index (κ3) is 3.37. The number of quaternary nitrogens is 1. The number of carbonyl (C=O) groups excluding carboxylic acids is 1. The van der Waals surface area contributed by atoms with Gasteiger partial charge in [-0.2, -0.15) is 0 Å². The van der Waals surface area contributed by atoms with Gasteiger partial charge >= 0.3 is 0 Å². The standard InChI is InChI=1S/C15H9BrO3.C8H11N/c16-8-2-4-10-12(6-8)14-11-5-7(15(17)18)1-3-9(11)13(10)19-14;1-7(9)8-5-3-2-4-6-8/h1-6,13-14H,(H,17,18);2-7H,9H2,1H3/t13-,14+;7-/m11/s1. The number of carbonyl (C=O) groups is 1. The molecule has 2 heterocycles.